The molecular formula is C21H28O5. The maximum Gasteiger partial charge on any atom is 0.307 e. The standard InChI is InChI=1S/C21H28O5/c1-11(22)26-19-17(25)10-15-18-14(5-7-21(15,19)3)20(2)6-4-13(23)8-12(20)9-16(18)24/h4,6,8,12,14-16,18,23-25H,5,7,9-10H2,1-3H3/t12-,14?,15?,16+,18?,20+,21+/m1/s1. The van der Waals surface area contributed by atoms with Crippen molar-refractivity contribution in [2.75, 3.05) is 0 Å². The van der Waals surface area contributed by atoms with Gasteiger partial charge in [0, 0.05) is 18.8 Å². The molecule has 0 spiro atoms. The molecule has 2 fully saturated rings. The predicted molar refractivity (Wildman–Crippen MR) is 95.9 cm³/mol. The summed E-state index contributed by atoms with van der Waals surface area (Å²) in [7, 11) is 0. The Bertz CT molecular complexity index is 735. The van der Waals surface area contributed by atoms with Crippen LogP contribution in [0.1, 0.15) is 46.5 Å². The van der Waals surface area contributed by atoms with E-state index in [-0.39, 0.29) is 40.6 Å². The molecule has 0 aromatic heterocycles. The van der Waals surface area contributed by atoms with Crippen molar-refractivity contribution in [1.29, 1.82) is 0 Å². The van der Waals surface area contributed by atoms with Crippen molar-refractivity contribution < 1.29 is 24.9 Å². The lowest BCUT2D eigenvalue weighted by atomic mass is 9.46. The van der Waals surface area contributed by atoms with Crippen molar-refractivity contribution in [2.24, 2.45) is 34.5 Å². The minimum atomic E-state index is -0.497. The van der Waals surface area contributed by atoms with Crippen LogP contribution in [-0.4, -0.2) is 27.4 Å². The van der Waals surface area contributed by atoms with Crippen LogP contribution in [0, 0.1) is 34.5 Å². The summed E-state index contributed by atoms with van der Waals surface area (Å²) >= 11 is 0. The maximum atomic E-state index is 11.5. The van der Waals surface area contributed by atoms with E-state index in [0.29, 0.717) is 18.6 Å². The van der Waals surface area contributed by atoms with Gasteiger partial charge in [0.05, 0.1) is 6.10 Å². The van der Waals surface area contributed by atoms with Gasteiger partial charge in [0.2, 0.25) is 0 Å². The Kier molecular flexibility index (Phi) is 3.82. The van der Waals surface area contributed by atoms with Gasteiger partial charge in [0.25, 0.3) is 0 Å². The molecular weight excluding hydrogens is 332 g/mol. The molecule has 4 aliphatic carbocycles. The van der Waals surface area contributed by atoms with E-state index in [1.54, 1.807) is 6.08 Å². The Balaban J connectivity index is 1.70. The zero-order chi connectivity index (χ0) is 18.9. The molecule has 3 unspecified atom stereocenters. The molecule has 0 aliphatic heterocycles. The molecule has 3 N–H and O–H groups in total. The van der Waals surface area contributed by atoms with Gasteiger partial charge < -0.3 is 20.1 Å². The molecule has 0 bridgehead atoms. The molecule has 4 aliphatic rings. The highest BCUT2D eigenvalue weighted by Crippen LogP contribution is 2.65. The van der Waals surface area contributed by atoms with Gasteiger partial charge in [0.1, 0.15) is 11.5 Å². The molecule has 0 radical (unpaired) electrons. The number of carbonyl (C=O) groups excluding carboxylic acids is 1. The SMILES string of the molecule is CC(=O)OC1=C(O)CC2C3C(CC[C@]12C)[C@@]1(C)C=CC(O)=C[C@@H]1C[C@@H]3O. The Morgan fingerprint density at radius 2 is 2.00 bits per heavy atom. The van der Waals surface area contributed by atoms with Gasteiger partial charge in [-0.2, -0.15) is 0 Å². The zero-order valence-electron chi connectivity index (χ0n) is 15.6. The largest absolute Gasteiger partial charge is 0.509 e. The van der Waals surface area contributed by atoms with E-state index in [4.69, 9.17) is 4.74 Å². The maximum absolute atomic E-state index is 11.5. The summed E-state index contributed by atoms with van der Waals surface area (Å²) in [4.78, 5) is 11.5. The Labute approximate surface area is 154 Å². The summed E-state index contributed by atoms with van der Waals surface area (Å²) in [5.74, 6) is 0.885. The highest BCUT2D eigenvalue weighted by molar-refractivity contribution is 5.67. The van der Waals surface area contributed by atoms with Crippen molar-refractivity contribution in [2.45, 2.75) is 52.6 Å². The molecule has 142 valence electrons. The summed E-state index contributed by atoms with van der Waals surface area (Å²) < 4.78 is 5.41. The van der Waals surface area contributed by atoms with Crippen LogP contribution in [-0.2, 0) is 9.53 Å². The van der Waals surface area contributed by atoms with Gasteiger partial charge in [0.15, 0.2) is 5.76 Å². The number of rotatable bonds is 1. The number of fused-ring (bicyclic) bond motifs is 5. The van der Waals surface area contributed by atoms with E-state index in [9.17, 15) is 20.1 Å². The fourth-order valence-corrected chi connectivity index (χ4v) is 6.36. The van der Waals surface area contributed by atoms with E-state index in [1.807, 2.05) is 6.08 Å². The lowest BCUT2D eigenvalue weighted by molar-refractivity contribution is -0.145. The van der Waals surface area contributed by atoms with E-state index < -0.39 is 17.5 Å². The van der Waals surface area contributed by atoms with E-state index in [2.05, 4.69) is 19.9 Å². The van der Waals surface area contributed by atoms with Gasteiger partial charge in [-0.3, -0.25) is 4.79 Å². The summed E-state index contributed by atoms with van der Waals surface area (Å²) in [6.45, 7) is 5.63. The van der Waals surface area contributed by atoms with Crippen molar-refractivity contribution in [3.8, 4) is 0 Å². The molecule has 5 heteroatoms. The smallest absolute Gasteiger partial charge is 0.307 e. The quantitative estimate of drug-likeness (QED) is 0.620. The second-order valence-corrected chi connectivity index (χ2v) is 9.02. The number of aliphatic hydroxyl groups excluding tert-OH is 3. The van der Waals surface area contributed by atoms with Gasteiger partial charge in [-0.1, -0.05) is 19.9 Å². The van der Waals surface area contributed by atoms with Crippen LogP contribution in [0.3, 0.4) is 0 Å². The topological polar surface area (TPSA) is 87.0 Å². The molecule has 2 saturated carbocycles. The van der Waals surface area contributed by atoms with Gasteiger partial charge in [-0.05, 0) is 60.5 Å². The normalized spacial score (nSPS) is 46.9. The predicted octanol–water partition coefficient (Wildman–Crippen LogP) is 3.77. The fraction of sp³-hybridized carbons (Fsp3) is 0.667. The molecule has 7 atom stereocenters. The van der Waals surface area contributed by atoms with Crippen LogP contribution in [0.15, 0.2) is 35.5 Å². The van der Waals surface area contributed by atoms with Crippen molar-refractivity contribution in [1.82, 2.24) is 0 Å². The third kappa shape index (κ3) is 2.29. The first-order valence-corrected chi connectivity index (χ1v) is 9.56. The highest BCUT2D eigenvalue weighted by Gasteiger charge is 2.62. The molecule has 4 rings (SSSR count). The monoisotopic (exact) mass is 360 g/mol. The minimum absolute atomic E-state index is 0.0310. The second-order valence-electron chi connectivity index (χ2n) is 9.02. The summed E-state index contributed by atoms with van der Waals surface area (Å²) in [5.41, 5.74) is -0.533. The van der Waals surface area contributed by atoms with Crippen LogP contribution < -0.4 is 0 Å². The van der Waals surface area contributed by atoms with E-state index in [1.165, 1.54) is 6.92 Å². The van der Waals surface area contributed by atoms with Crippen molar-refractivity contribution in [3.05, 3.63) is 35.5 Å². The number of carbonyl (C=O) groups is 1. The molecule has 0 heterocycles. The Morgan fingerprint density at radius 1 is 1.27 bits per heavy atom. The molecule has 5 nitrogen and oxygen atoms in total. The summed E-state index contributed by atoms with van der Waals surface area (Å²) in [6, 6.07) is 0. The number of ether oxygens (including phenoxy) is 1. The zero-order valence-corrected chi connectivity index (χ0v) is 15.6. The number of aliphatic hydroxyl groups is 3. The molecule has 0 amide bonds. The average molecular weight is 360 g/mol. The molecule has 0 aromatic carbocycles. The fourth-order valence-electron chi connectivity index (χ4n) is 6.36. The van der Waals surface area contributed by atoms with E-state index >= 15 is 0 Å². The molecule has 0 saturated heterocycles. The minimum Gasteiger partial charge on any atom is -0.509 e. The summed E-state index contributed by atoms with van der Waals surface area (Å²) in [6.07, 6.45) is 8.00. The number of hydrogen-bond acceptors (Lipinski definition) is 5. The third-order valence-electron chi connectivity index (χ3n) is 7.68. The van der Waals surface area contributed by atoms with Crippen LogP contribution in [0.4, 0.5) is 0 Å². The van der Waals surface area contributed by atoms with Gasteiger partial charge >= 0.3 is 5.97 Å². The van der Waals surface area contributed by atoms with E-state index in [0.717, 1.165) is 12.8 Å². The lowest BCUT2D eigenvalue weighted by Gasteiger charge is -2.59. The first kappa shape index (κ1) is 17.7. The second kappa shape index (κ2) is 5.62. The van der Waals surface area contributed by atoms with Crippen LogP contribution >= 0.6 is 0 Å². The van der Waals surface area contributed by atoms with Crippen molar-refractivity contribution >= 4 is 5.97 Å². The van der Waals surface area contributed by atoms with Crippen LogP contribution in [0.25, 0.3) is 0 Å². The summed E-state index contributed by atoms with van der Waals surface area (Å²) in [5, 5.41) is 31.4. The number of hydrogen-bond donors (Lipinski definition) is 3. The Morgan fingerprint density at radius 3 is 2.69 bits per heavy atom. The third-order valence-corrected chi connectivity index (χ3v) is 7.68. The molecule has 26 heavy (non-hydrogen) atoms. The van der Waals surface area contributed by atoms with Gasteiger partial charge in [-0.15, -0.1) is 0 Å². The number of allylic oxidation sites excluding steroid dienone is 5. The lowest BCUT2D eigenvalue weighted by Crippen LogP contribution is -2.56. The van der Waals surface area contributed by atoms with Gasteiger partial charge in [-0.25, -0.2) is 0 Å². The average Bonchev–Trinajstić information content (AvgIpc) is 2.80. The van der Waals surface area contributed by atoms with Crippen LogP contribution in [0.5, 0.6) is 0 Å². The number of esters is 1. The van der Waals surface area contributed by atoms with Crippen LogP contribution in [0.2, 0.25) is 0 Å². The van der Waals surface area contributed by atoms with Crippen molar-refractivity contribution in [3.63, 3.8) is 0 Å². The first-order valence-electron chi connectivity index (χ1n) is 9.56. The first-order chi connectivity index (χ1) is 12.2. The Hall–Kier alpha value is -1.75. The highest BCUT2D eigenvalue weighted by atomic mass is 16.5. The molecule has 0 aromatic rings.